The van der Waals surface area contributed by atoms with Gasteiger partial charge in [-0.1, -0.05) is 36.4 Å². The number of benzene rings is 2. The van der Waals surface area contributed by atoms with Crippen LogP contribution in [0.2, 0.25) is 0 Å². The first kappa shape index (κ1) is 22.3. The predicted octanol–water partition coefficient (Wildman–Crippen LogP) is 3.05. The maximum Gasteiger partial charge on any atom is 0.216 e. The summed E-state index contributed by atoms with van der Waals surface area (Å²) < 4.78 is 36.3. The third-order valence-corrected chi connectivity index (χ3v) is 11.0. The van der Waals surface area contributed by atoms with Crippen molar-refractivity contribution in [3.05, 3.63) is 64.7 Å². The molecule has 2 aromatic carbocycles. The number of sulfonamides is 1. The molecule has 3 fully saturated rings. The zero-order valence-electron chi connectivity index (χ0n) is 20.2. The van der Waals surface area contributed by atoms with E-state index in [1.165, 1.54) is 18.4 Å². The van der Waals surface area contributed by atoms with Gasteiger partial charge in [0.1, 0.15) is 11.9 Å². The Kier molecular flexibility index (Phi) is 4.80. The van der Waals surface area contributed by atoms with Crippen LogP contribution in [-0.4, -0.2) is 55.3 Å². The second-order valence-corrected chi connectivity index (χ2v) is 13.3. The number of aliphatic hydroxyl groups is 1. The topological polar surface area (TPSA) is 78.9 Å². The van der Waals surface area contributed by atoms with Gasteiger partial charge >= 0.3 is 0 Å². The average Bonchev–Trinajstić information content (AvgIpc) is 3.56. The molecular weight excluding hydrogens is 460 g/mol. The van der Waals surface area contributed by atoms with E-state index >= 15 is 0 Å². The maximum atomic E-state index is 13.3. The summed E-state index contributed by atoms with van der Waals surface area (Å²) in [5.41, 5.74) is 2.75. The number of hydrogen-bond donors (Lipinski definition) is 2. The second kappa shape index (κ2) is 7.54. The summed E-state index contributed by atoms with van der Waals surface area (Å²) in [6.45, 7) is 3.94. The number of nitrogens with one attached hydrogen (secondary N) is 1. The fourth-order valence-corrected chi connectivity index (χ4v) is 9.34. The van der Waals surface area contributed by atoms with Gasteiger partial charge in [-0.05, 0) is 80.7 Å². The molecule has 2 aromatic rings. The maximum absolute atomic E-state index is 13.3. The van der Waals surface area contributed by atoms with Crippen molar-refractivity contribution in [3.63, 3.8) is 0 Å². The van der Waals surface area contributed by atoms with Gasteiger partial charge in [-0.2, -0.15) is 0 Å². The quantitative estimate of drug-likeness (QED) is 0.646. The molecule has 2 bridgehead atoms. The standard InChI is InChI=1S/C28H34N2O4S/c1-18-5-2-3-6-21(18)17-35(32,33)29-22-11-12-28(31)24-15-20-7-4-8-23-25(20)27(28,26(22)34-23)13-14-30(24)16-19-9-10-19/h2-8,19,22,24,26,29,31H,9-17H2,1H3/t22-,24+,26-,27-,28+/m0/s1. The van der Waals surface area contributed by atoms with Crippen LogP contribution in [0, 0.1) is 12.8 Å². The fourth-order valence-electron chi connectivity index (χ4n) is 7.82. The fraction of sp³-hybridized carbons (Fsp3) is 0.571. The van der Waals surface area contributed by atoms with Crippen molar-refractivity contribution < 1.29 is 18.3 Å². The van der Waals surface area contributed by atoms with E-state index in [0.717, 1.165) is 54.3 Å². The zero-order chi connectivity index (χ0) is 24.0. The van der Waals surface area contributed by atoms with Gasteiger partial charge in [0.05, 0.1) is 22.8 Å². The zero-order valence-corrected chi connectivity index (χ0v) is 21.1. The Morgan fingerprint density at radius 2 is 1.94 bits per heavy atom. The first-order valence-corrected chi connectivity index (χ1v) is 14.8. The highest BCUT2D eigenvalue weighted by Gasteiger charge is 2.72. The van der Waals surface area contributed by atoms with Crippen LogP contribution in [-0.2, 0) is 27.6 Å². The monoisotopic (exact) mass is 494 g/mol. The molecule has 35 heavy (non-hydrogen) atoms. The number of hydrogen-bond acceptors (Lipinski definition) is 5. The van der Waals surface area contributed by atoms with E-state index in [1.807, 2.05) is 43.3 Å². The highest BCUT2D eigenvalue weighted by Crippen LogP contribution is 2.64. The van der Waals surface area contributed by atoms with Crippen molar-refractivity contribution in [1.82, 2.24) is 9.62 Å². The van der Waals surface area contributed by atoms with Crippen LogP contribution in [0.15, 0.2) is 42.5 Å². The number of rotatable bonds is 6. The van der Waals surface area contributed by atoms with Gasteiger partial charge in [0, 0.05) is 18.2 Å². The molecule has 0 aromatic heterocycles. The Labute approximate surface area is 207 Å². The van der Waals surface area contributed by atoms with Gasteiger partial charge in [0.2, 0.25) is 10.0 Å². The Morgan fingerprint density at radius 1 is 1.11 bits per heavy atom. The highest BCUT2D eigenvalue weighted by atomic mass is 32.2. The summed E-state index contributed by atoms with van der Waals surface area (Å²) in [5.74, 6) is 1.56. The predicted molar refractivity (Wildman–Crippen MR) is 134 cm³/mol. The van der Waals surface area contributed by atoms with Crippen molar-refractivity contribution in [3.8, 4) is 5.75 Å². The highest BCUT2D eigenvalue weighted by molar-refractivity contribution is 7.88. The summed E-state index contributed by atoms with van der Waals surface area (Å²) in [6, 6.07) is 13.6. The van der Waals surface area contributed by atoms with Crippen molar-refractivity contribution >= 4 is 10.0 Å². The molecule has 0 amide bonds. The molecule has 7 rings (SSSR count). The summed E-state index contributed by atoms with van der Waals surface area (Å²) in [4.78, 5) is 2.54. The lowest BCUT2D eigenvalue weighted by atomic mass is 9.48. The molecule has 5 atom stereocenters. The van der Waals surface area contributed by atoms with E-state index in [-0.39, 0.29) is 17.8 Å². The van der Waals surface area contributed by atoms with Crippen LogP contribution in [0.5, 0.6) is 5.75 Å². The van der Waals surface area contributed by atoms with Gasteiger partial charge < -0.3 is 9.84 Å². The Hall–Kier alpha value is -1.93. The average molecular weight is 495 g/mol. The van der Waals surface area contributed by atoms with Crippen LogP contribution in [0.1, 0.15) is 54.4 Å². The first-order chi connectivity index (χ1) is 16.8. The molecule has 2 saturated carbocycles. The van der Waals surface area contributed by atoms with Crippen LogP contribution in [0.25, 0.3) is 0 Å². The Morgan fingerprint density at radius 3 is 2.74 bits per heavy atom. The lowest BCUT2D eigenvalue weighted by molar-refractivity contribution is -0.190. The number of aryl methyl sites for hydroxylation is 1. The van der Waals surface area contributed by atoms with E-state index in [1.54, 1.807) is 0 Å². The second-order valence-electron chi connectivity index (χ2n) is 11.6. The molecule has 2 heterocycles. The van der Waals surface area contributed by atoms with E-state index in [9.17, 15) is 13.5 Å². The van der Waals surface area contributed by atoms with E-state index in [2.05, 4.69) is 15.7 Å². The molecule has 5 aliphatic rings. The molecular formula is C28H34N2O4S. The third-order valence-electron chi connectivity index (χ3n) is 9.60. The van der Waals surface area contributed by atoms with E-state index in [0.29, 0.717) is 12.8 Å². The van der Waals surface area contributed by atoms with Crippen LogP contribution < -0.4 is 9.46 Å². The van der Waals surface area contributed by atoms with Gasteiger partial charge in [-0.15, -0.1) is 0 Å². The van der Waals surface area contributed by atoms with Gasteiger partial charge in [0.15, 0.2) is 0 Å². The minimum absolute atomic E-state index is 0.0455. The molecule has 2 N–H and O–H groups in total. The molecule has 0 radical (unpaired) electrons. The van der Waals surface area contributed by atoms with Crippen LogP contribution >= 0.6 is 0 Å². The molecule has 0 unspecified atom stereocenters. The number of piperidine rings is 1. The minimum atomic E-state index is -3.58. The number of ether oxygens (including phenoxy) is 1. The van der Waals surface area contributed by atoms with Crippen molar-refractivity contribution in [2.75, 3.05) is 13.1 Å². The number of likely N-dealkylation sites (tertiary alicyclic amines) is 1. The number of nitrogens with zero attached hydrogens (tertiary/aromatic N) is 1. The molecule has 3 aliphatic carbocycles. The van der Waals surface area contributed by atoms with Gasteiger partial charge in [0.25, 0.3) is 0 Å². The molecule has 186 valence electrons. The van der Waals surface area contributed by atoms with Crippen LogP contribution in [0.4, 0.5) is 0 Å². The van der Waals surface area contributed by atoms with Crippen molar-refractivity contribution in [1.29, 1.82) is 0 Å². The molecule has 2 aliphatic heterocycles. The molecule has 6 nitrogen and oxygen atoms in total. The summed E-state index contributed by atoms with van der Waals surface area (Å²) in [5, 5.41) is 12.5. The minimum Gasteiger partial charge on any atom is -0.487 e. The first-order valence-electron chi connectivity index (χ1n) is 13.1. The van der Waals surface area contributed by atoms with E-state index in [4.69, 9.17) is 4.74 Å². The summed E-state index contributed by atoms with van der Waals surface area (Å²) >= 11 is 0. The lowest BCUT2D eigenvalue weighted by Gasteiger charge is -2.64. The lowest BCUT2D eigenvalue weighted by Crippen LogP contribution is -2.78. The molecule has 1 spiro atoms. The SMILES string of the molecule is Cc1ccccc1CS(=O)(=O)N[C@H]1CC[C@@]2(O)[C@H]3Cc4cccc5c4[C@@]2(CCN3CC2CC2)[C@H]1O5. The smallest absolute Gasteiger partial charge is 0.216 e. The summed E-state index contributed by atoms with van der Waals surface area (Å²) in [7, 11) is -3.58. The van der Waals surface area contributed by atoms with Crippen molar-refractivity contribution in [2.24, 2.45) is 5.92 Å². The van der Waals surface area contributed by atoms with Gasteiger partial charge in [-0.25, -0.2) is 13.1 Å². The van der Waals surface area contributed by atoms with Gasteiger partial charge in [-0.3, -0.25) is 4.90 Å². The Bertz CT molecular complexity index is 1290. The molecule has 7 heteroatoms. The summed E-state index contributed by atoms with van der Waals surface area (Å²) in [6.07, 6.45) is 5.01. The third kappa shape index (κ3) is 3.21. The molecule has 1 saturated heterocycles. The largest absolute Gasteiger partial charge is 0.487 e. The van der Waals surface area contributed by atoms with E-state index < -0.39 is 27.1 Å². The van der Waals surface area contributed by atoms with Crippen LogP contribution in [0.3, 0.4) is 0 Å². The Balaban J connectivity index is 1.25. The van der Waals surface area contributed by atoms with Crippen molar-refractivity contribution in [2.45, 2.75) is 80.4 Å². The normalized spacial score (nSPS) is 35.4.